The summed E-state index contributed by atoms with van der Waals surface area (Å²) in [6.45, 7) is 11.8. The molecule has 0 aliphatic heterocycles. The molecule has 0 atom stereocenters. The van der Waals surface area contributed by atoms with Crippen LogP contribution in [0.1, 0.15) is 103 Å². The summed E-state index contributed by atoms with van der Waals surface area (Å²) in [6, 6.07) is 8.38. The van der Waals surface area contributed by atoms with Gasteiger partial charge in [0.05, 0.1) is 0 Å². The van der Waals surface area contributed by atoms with Crippen LogP contribution in [0.15, 0.2) is 24.3 Å². The Bertz CT molecular complexity index is 485. The minimum Gasteiger partial charge on any atom is -0.520 e. The van der Waals surface area contributed by atoms with Crippen LogP contribution in [-0.4, -0.2) is 15.2 Å². The van der Waals surface area contributed by atoms with E-state index in [0.717, 1.165) is 18.8 Å². The van der Waals surface area contributed by atoms with E-state index in [1.807, 2.05) is 0 Å². The molecule has 1 aromatic carbocycles. The van der Waals surface area contributed by atoms with Crippen LogP contribution >= 0.6 is 0 Å². The lowest BCUT2D eigenvalue weighted by molar-refractivity contribution is 0.240. The fraction of sp³-hybridized carbons (Fsp3) is 0.750. The number of benzene rings is 1. The van der Waals surface area contributed by atoms with Crippen molar-refractivity contribution in [3.05, 3.63) is 29.8 Å². The largest absolute Gasteiger partial charge is 0.520 e. The lowest BCUT2D eigenvalue weighted by atomic mass is 10.0. The van der Waals surface area contributed by atoms with Gasteiger partial charge in [-0.15, -0.1) is 0 Å². The molecular formula is C24H44O2Si. The van der Waals surface area contributed by atoms with Crippen molar-refractivity contribution < 1.29 is 8.85 Å². The summed E-state index contributed by atoms with van der Waals surface area (Å²) in [5, 5.41) is 0. The van der Waals surface area contributed by atoms with Gasteiger partial charge >= 0.3 is 8.56 Å². The normalized spacial score (nSPS) is 11.9. The van der Waals surface area contributed by atoms with Crippen molar-refractivity contribution in [2.75, 3.05) is 6.61 Å². The van der Waals surface area contributed by atoms with Crippen LogP contribution in [0.3, 0.4) is 0 Å². The molecule has 27 heavy (non-hydrogen) atoms. The summed E-state index contributed by atoms with van der Waals surface area (Å²) in [4.78, 5) is 0. The van der Waals surface area contributed by atoms with Crippen LogP contribution in [0.25, 0.3) is 0 Å². The summed E-state index contributed by atoms with van der Waals surface area (Å²) in [6.07, 6.45) is 15.0. The second-order valence-corrected chi connectivity index (χ2v) is 11.9. The average Bonchev–Trinajstić information content (AvgIpc) is 2.62. The third kappa shape index (κ3) is 11.6. The zero-order valence-corrected chi connectivity index (χ0v) is 19.7. The third-order valence-corrected chi connectivity index (χ3v) is 6.71. The molecular weight excluding hydrogens is 348 g/mol. The summed E-state index contributed by atoms with van der Waals surface area (Å²) in [7, 11) is -2.12. The van der Waals surface area contributed by atoms with Gasteiger partial charge in [0.25, 0.3) is 0 Å². The van der Waals surface area contributed by atoms with Gasteiger partial charge in [0.1, 0.15) is 5.75 Å². The fourth-order valence-electron chi connectivity index (χ4n) is 3.43. The molecule has 0 saturated heterocycles. The maximum absolute atomic E-state index is 6.31. The molecule has 1 aromatic rings. The highest BCUT2D eigenvalue weighted by molar-refractivity contribution is 6.65. The first-order valence-corrected chi connectivity index (χ1v) is 14.2. The van der Waals surface area contributed by atoms with E-state index in [0.29, 0.717) is 5.92 Å². The molecule has 0 N–H and O–H groups in total. The Labute approximate surface area is 170 Å². The first-order valence-electron chi connectivity index (χ1n) is 11.4. The monoisotopic (exact) mass is 392 g/mol. The van der Waals surface area contributed by atoms with Gasteiger partial charge in [-0.1, -0.05) is 103 Å². The summed E-state index contributed by atoms with van der Waals surface area (Å²) in [5.41, 5.74) is 1.27. The minimum absolute atomic E-state index is 0.470. The van der Waals surface area contributed by atoms with Gasteiger partial charge in [-0.25, -0.2) is 0 Å². The molecule has 0 aliphatic rings. The van der Waals surface area contributed by atoms with Crippen molar-refractivity contribution in [3.8, 4) is 5.75 Å². The topological polar surface area (TPSA) is 18.5 Å². The zero-order valence-electron chi connectivity index (χ0n) is 18.7. The molecule has 0 unspecified atom stereocenters. The van der Waals surface area contributed by atoms with E-state index in [4.69, 9.17) is 8.85 Å². The highest BCUT2D eigenvalue weighted by Gasteiger charge is 2.27. The molecule has 1 rings (SSSR count). The molecule has 0 bridgehead atoms. The first kappa shape index (κ1) is 24.2. The van der Waals surface area contributed by atoms with Gasteiger partial charge in [0.15, 0.2) is 0 Å². The molecule has 0 amide bonds. The molecule has 0 saturated carbocycles. The Balaban J connectivity index is 2.10. The van der Waals surface area contributed by atoms with Crippen molar-refractivity contribution in [2.24, 2.45) is 0 Å². The second-order valence-electron chi connectivity index (χ2n) is 8.58. The van der Waals surface area contributed by atoms with E-state index in [1.54, 1.807) is 0 Å². The first-order chi connectivity index (χ1) is 13.0. The Morgan fingerprint density at radius 1 is 0.778 bits per heavy atom. The lowest BCUT2D eigenvalue weighted by Gasteiger charge is -2.26. The highest BCUT2D eigenvalue weighted by Crippen LogP contribution is 2.28. The van der Waals surface area contributed by atoms with Crippen molar-refractivity contribution in [1.82, 2.24) is 0 Å². The lowest BCUT2D eigenvalue weighted by Crippen LogP contribution is -2.39. The SMILES string of the molecule is CCCCCCCCCCCCCO[Si](C)(C)Oc1ccccc1C(C)C. The fourth-order valence-corrected chi connectivity index (χ4v) is 4.84. The number of hydrogen-bond acceptors (Lipinski definition) is 2. The molecule has 0 heterocycles. The van der Waals surface area contributed by atoms with Crippen molar-refractivity contribution >= 4 is 8.56 Å². The van der Waals surface area contributed by atoms with Gasteiger partial charge in [0.2, 0.25) is 0 Å². The Morgan fingerprint density at radius 2 is 1.30 bits per heavy atom. The van der Waals surface area contributed by atoms with Crippen LogP contribution in [0.4, 0.5) is 0 Å². The average molecular weight is 393 g/mol. The summed E-state index contributed by atoms with van der Waals surface area (Å²) < 4.78 is 12.5. The molecule has 0 fully saturated rings. The van der Waals surface area contributed by atoms with E-state index >= 15 is 0 Å². The Hall–Kier alpha value is -0.803. The molecule has 0 aromatic heterocycles. The molecule has 0 spiro atoms. The van der Waals surface area contributed by atoms with Crippen molar-refractivity contribution in [2.45, 2.75) is 110 Å². The predicted octanol–water partition coefficient (Wildman–Crippen LogP) is 8.22. The van der Waals surface area contributed by atoms with Gasteiger partial charge in [-0.2, -0.15) is 0 Å². The molecule has 2 nitrogen and oxygen atoms in total. The van der Waals surface area contributed by atoms with Crippen LogP contribution < -0.4 is 4.43 Å². The van der Waals surface area contributed by atoms with Crippen LogP contribution in [0.2, 0.25) is 13.1 Å². The van der Waals surface area contributed by atoms with E-state index in [1.165, 1.54) is 69.8 Å². The number of para-hydroxylation sites is 1. The number of hydrogen-bond donors (Lipinski definition) is 0. The molecule has 0 aliphatic carbocycles. The molecule has 156 valence electrons. The maximum Gasteiger partial charge on any atom is 0.392 e. The molecule has 0 radical (unpaired) electrons. The predicted molar refractivity (Wildman–Crippen MR) is 121 cm³/mol. The summed E-state index contributed by atoms with van der Waals surface area (Å²) in [5.74, 6) is 1.47. The quantitative estimate of drug-likeness (QED) is 0.208. The van der Waals surface area contributed by atoms with Crippen LogP contribution in [-0.2, 0) is 4.43 Å². The van der Waals surface area contributed by atoms with Gasteiger partial charge in [-0.3, -0.25) is 0 Å². The number of rotatable bonds is 16. The van der Waals surface area contributed by atoms with Crippen LogP contribution in [0.5, 0.6) is 5.75 Å². The Morgan fingerprint density at radius 3 is 1.85 bits per heavy atom. The van der Waals surface area contributed by atoms with Crippen molar-refractivity contribution in [1.29, 1.82) is 0 Å². The molecule has 3 heteroatoms. The van der Waals surface area contributed by atoms with Crippen molar-refractivity contribution in [3.63, 3.8) is 0 Å². The van der Waals surface area contributed by atoms with E-state index in [-0.39, 0.29) is 0 Å². The third-order valence-electron chi connectivity index (χ3n) is 5.09. The smallest absolute Gasteiger partial charge is 0.392 e. The van der Waals surface area contributed by atoms with Gasteiger partial charge < -0.3 is 8.85 Å². The number of unbranched alkanes of at least 4 members (excludes halogenated alkanes) is 10. The van der Waals surface area contributed by atoms with Crippen LogP contribution in [0, 0.1) is 0 Å². The Kier molecular flexibility index (Phi) is 12.8. The second kappa shape index (κ2) is 14.2. The standard InChI is InChI=1S/C24H44O2Si/c1-6-7-8-9-10-11-12-13-14-15-18-21-25-27(4,5)26-24-20-17-16-19-23(24)22(2)3/h16-17,19-20,22H,6-15,18,21H2,1-5H3. The van der Waals surface area contributed by atoms with Gasteiger partial charge in [0, 0.05) is 6.61 Å². The van der Waals surface area contributed by atoms with Gasteiger partial charge in [-0.05, 0) is 37.1 Å². The maximum atomic E-state index is 6.31. The minimum atomic E-state index is -2.12. The zero-order chi connectivity index (χ0) is 20.0. The van der Waals surface area contributed by atoms with E-state index in [2.05, 4.69) is 58.1 Å². The van der Waals surface area contributed by atoms with E-state index in [9.17, 15) is 0 Å². The van der Waals surface area contributed by atoms with E-state index < -0.39 is 8.56 Å². The summed E-state index contributed by atoms with van der Waals surface area (Å²) >= 11 is 0. The highest BCUT2D eigenvalue weighted by atomic mass is 28.4.